The summed E-state index contributed by atoms with van der Waals surface area (Å²) in [5.74, 6) is 0.0645. The number of hydrogen-bond acceptors (Lipinski definition) is 4. The number of para-hydroxylation sites is 1. The van der Waals surface area contributed by atoms with Crippen molar-refractivity contribution in [2.75, 3.05) is 44.8 Å². The van der Waals surface area contributed by atoms with Crippen molar-refractivity contribution in [1.82, 2.24) is 10.2 Å². The topological polar surface area (TPSA) is 44.8 Å². The number of carbonyl (C=O) groups is 1. The Hall–Kier alpha value is -2.08. The number of nitrogens with zero attached hydrogens (tertiary/aromatic N) is 2. The van der Waals surface area contributed by atoms with E-state index in [0.717, 1.165) is 37.6 Å². The molecule has 1 fully saturated rings. The Balaban J connectivity index is 1.52. The van der Waals surface area contributed by atoms with E-state index >= 15 is 0 Å². The van der Waals surface area contributed by atoms with Crippen LogP contribution in [0.4, 0.5) is 5.69 Å². The molecule has 29 heavy (non-hydrogen) atoms. The van der Waals surface area contributed by atoms with Gasteiger partial charge in [-0.3, -0.25) is 9.69 Å². The van der Waals surface area contributed by atoms with Crippen molar-refractivity contribution in [3.63, 3.8) is 0 Å². The minimum absolute atomic E-state index is 0.0604. The molecule has 0 spiro atoms. The zero-order valence-electron chi connectivity index (χ0n) is 16.8. The second-order valence-corrected chi connectivity index (χ2v) is 8.28. The van der Waals surface area contributed by atoms with Crippen LogP contribution in [0, 0.1) is 5.92 Å². The average Bonchev–Trinajstić information content (AvgIpc) is 2.75. The SMILES string of the molecule is COCCNC(=O)[C@H]1Cc2ccccc2N2CCN(Cc3ccc(Cl)cc3)C[C@@H]12. The highest BCUT2D eigenvalue weighted by Crippen LogP contribution is 2.36. The Bertz CT molecular complexity index is 842. The first kappa shape index (κ1) is 20.2. The molecule has 2 aromatic carbocycles. The van der Waals surface area contributed by atoms with Gasteiger partial charge < -0.3 is 15.0 Å². The van der Waals surface area contributed by atoms with E-state index < -0.39 is 0 Å². The van der Waals surface area contributed by atoms with Gasteiger partial charge in [0.25, 0.3) is 0 Å². The minimum Gasteiger partial charge on any atom is -0.383 e. The normalized spacial score (nSPS) is 21.4. The zero-order valence-corrected chi connectivity index (χ0v) is 17.6. The van der Waals surface area contributed by atoms with Gasteiger partial charge in [-0.05, 0) is 35.7 Å². The molecular formula is C23H28ClN3O2. The lowest BCUT2D eigenvalue weighted by Gasteiger charge is -2.49. The lowest BCUT2D eigenvalue weighted by atomic mass is 9.83. The number of carbonyl (C=O) groups excluding carboxylic acids is 1. The first-order chi connectivity index (χ1) is 14.2. The summed E-state index contributed by atoms with van der Waals surface area (Å²) in [7, 11) is 1.65. The zero-order chi connectivity index (χ0) is 20.2. The number of hydrogen-bond donors (Lipinski definition) is 1. The number of halogens is 1. The Kier molecular flexibility index (Phi) is 6.38. The summed E-state index contributed by atoms with van der Waals surface area (Å²) in [6.07, 6.45) is 0.783. The molecule has 2 heterocycles. The summed E-state index contributed by atoms with van der Waals surface area (Å²) in [6, 6.07) is 16.7. The summed E-state index contributed by atoms with van der Waals surface area (Å²) in [4.78, 5) is 17.9. The molecule has 0 radical (unpaired) electrons. The highest BCUT2D eigenvalue weighted by Gasteiger charge is 2.41. The van der Waals surface area contributed by atoms with Gasteiger partial charge in [0.15, 0.2) is 0 Å². The number of nitrogens with one attached hydrogen (secondary N) is 1. The van der Waals surface area contributed by atoms with E-state index in [-0.39, 0.29) is 17.9 Å². The van der Waals surface area contributed by atoms with E-state index in [1.807, 2.05) is 12.1 Å². The van der Waals surface area contributed by atoms with Gasteiger partial charge >= 0.3 is 0 Å². The molecule has 2 aromatic rings. The summed E-state index contributed by atoms with van der Waals surface area (Å²) in [5.41, 5.74) is 3.80. The minimum atomic E-state index is -0.0604. The van der Waals surface area contributed by atoms with Gasteiger partial charge in [-0.25, -0.2) is 0 Å². The Morgan fingerprint density at radius 2 is 1.97 bits per heavy atom. The fourth-order valence-corrected chi connectivity index (χ4v) is 4.64. The van der Waals surface area contributed by atoms with Crippen molar-refractivity contribution >= 4 is 23.2 Å². The van der Waals surface area contributed by atoms with Crippen LogP contribution in [0.1, 0.15) is 11.1 Å². The van der Waals surface area contributed by atoms with E-state index in [1.165, 1.54) is 16.8 Å². The molecule has 0 aliphatic carbocycles. The molecule has 154 valence electrons. The molecule has 4 rings (SSSR count). The Labute approximate surface area is 177 Å². The van der Waals surface area contributed by atoms with Crippen molar-refractivity contribution in [1.29, 1.82) is 0 Å². The van der Waals surface area contributed by atoms with Gasteiger partial charge in [-0.1, -0.05) is 41.9 Å². The third-order valence-electron chi connectivity index (χ3n) is 5.97. The fourth-order valence-electron chi connectivity index (χ4n) is 4.52. The first-order valence-corrected chi connectivity index (χ1v) is 10.6. The van der Waals surface area contributed by atoms with Crippen LogP contribution in [0.15, 0.2) is 48.5 Å². The maximum Gasteiger partial charge on any atom is 0.225 e. The number of methoxy groups -OCH3 is 1. The van der Waals surface area contributed by atoms with Crippen LogP contribution >= 0.6 is 11.6 Å². The smallest absolute Gasteiger partial charge is 0.225 e. The third-order valence-corrected chi connectivity index (χ3v) is 6.22. The van der Waals surface area contributed by atoms with Gasteiger partial charge in [0.2, 0.25) is 5.91 Å². The van der Waals surface area contributed by atoms with E-state index in [1.54, 1.807) is 7.11 Å². The highest BCUT2D eigenvalue weighted by atomic mass is 35.5. The molecule has 0 aromatic heterocycles. The summed E-state index contributed by atoms with van der Waals surface area (Å²) < 4.78 is 5.09. The molecular weight excluding hydrogens is 386 g/mol. The third kappa shape index (κ3) is 4.58. The van der Waals surface area contributed by atoms with E-state index in [4.69, 9.17) is 16.3 Å². The molecule has 2 aliphatic heterocycles. The molecule has 6 heteroatoms. The quantitative estimate of drug-likeness (QED) is 0.739. The molecule has 0 bridgehead atoms. The number of ether oxygens (including phenoxy) is 1. The number of rotatable bonds is 6. The molecule has 1 N–H and O–H groups in total. The van der Waals surface area contributed by atoms with Crippen LogP contribution in [0.25, 0.3) is 0 Å². The fraction of sp³-hybridized carbons (Fsp3) is 0.435. The van der Waals surface area contributed by atoms with Crippen molar-refractivity contribution < 1.29 is 9.53 Å². The molecule has 2 aliphatic rings. The number of anilines is 1. The predicted octanol–water partition coefficient (Wildman–Crippen LogP) is 2.97. The van der Waals surface area contributed by atoms with Crippen LogP contribution in [-0.4, -0.2) is 56.7 Å². The van der Waals surface area contributed by atoms with E-state index in [9.17, 15) is 4.79 Å². The molecule has 1 saturated heterocycles. The largest absolute Gasteiger partial charge is 0.383 e. The van der Waals surface area contributed by atoms with Crippen LogP contribution in [0.3, 0.4) is 0 Å². The maximum atomic E-state index is 13.0. The second-order valence-electron chi connectivity index (χ2n) is 7.85. The van der Waals surface area contributed by atoms with Crippen molar-refractivity contribution in [3.05, 3.63) is 64.7 Å². The molecule has 5 nitrogen and oxygen atoms in total. The molecule has 0 unspecified atom stereocenters. The predicted molar refractivity (Wildman–Crippen MR) is 116 cm³/mol. The summed E-state index contributed by atoms with van der Waals surface area (Å²) >= 11 is 6.03. The van der Waals surface area contributed by atoms with Crippen LogP contribution in [0.2, 0.25) is 5.02 Å². The van der Waals surface area contributed by atoms with Crippen LogP contribution < -0.4 is 10.2 Å². The van der Waals surface area contributed by atoms with Crippen LogP contribution in [0.5, 0.6) is 0 Å². The molecule has 2 atom stereocenters. The number of amides is 1. The van der Waals surface area contributed by atoms with Gasteiger partial charge in [0, 0.05) is 50.5 Å². The molecule has 0 saturated carbocycles. The van der Waals surface area contributed by atoms with Gasteiger partial charge in [0.1, 0.15) is 0 Å². The van der Waals surface area contributed by atoms with E-state index in [0.29, 0.717) is 13.2 Å². The summed E-state index contributed by atoms with van der Waals surface area (Å²) in [6.45, 7) is 4.74. The van der Waals surface area contributed by atoms with Crippen LogP contribution in [-0.2, 0) is 22.5 Å². The Morgan fingerprint density at radius 1 is 1.17 bits per heavy atom. The lowest BCUT2D eigenvalue weighted by Crippen LogP contribution is -2.61. The van der Waals surface area contributed by atoms with E-state index in [2.05, 4.69) is 51.5 Å². The second kappa shape index (κ2) is 9.16. The first-order valence-electron chi connectivity index (χ1n) is 10.2. The van der Waals surface area contributed by atoms with Crippen molar-refractivity contribution in [3.8, 4) is 0 Å². The highest BCUT2D eigenvalue weighted by molar-refractivity contribution is 6.30. The van der Waals surface area contributed by atoms with Crippen molar-refractivity contribution in [2.24, 2.45) is 5.92 Å². The van der Waals surface area contributed by atoms with Gasteiger partial charge in [-0.15, -0.1) is 0 Å². The monoisotopic (exact) mass is 413 g/mol. The average molecular weight is 414 g/mol. The summed E-state index contributed by atoms with van der Waals surface area (Å²) in [5, 5.41) is 3.82. The lowest BCUT2D eigenvalue weighted by molar-refractivity contribution is -0.126. The Morgan fingerprint density at radius 3 is 2.76 bits per heavy atom. The number of fused-ring (bicyclic) bond motifs is 3. The van der Waals surface area contributed by atoms with Gasteiger partial charge in [0.05, 0.1) is 18.6 Å². The molecule has 1 amide bonds. The van der Waals surface area contributed by atoms with Gasteiger partial charge in [-0.2, -0.15) is 0 Å². The van der Waals surface area contributed by atoms with Crippen molar-refractivity contribution in [2.45, 2.75) is 19.0 Å². The maximum absolute atomic E-state index is 13.0. The standard InChI is InChI=1S/C23H28ClN3O2/c1-29-13-10-25-23(28)20-14-18-4-2-3-5-21(18)27-12-11-26(16-22(20)27)15-17-6-8-19(24)9-7-17/h2-9,20,22H,10-16H2,1H3,(H,25,28)/t20-,22-/m0/s1. The number of benzene rings is 2. The number of piperazine rings is 1.